The lowest BCUT2D eigenvalue weighted by atomic mass is 9.73. The molecule has 0 heterocycles. The molecule has 2 aromatic rings. The van der Waals surface area contributed by atoms with Gasteiger partial charge in [0.05, 0.1) is 6.61 Å². The van der Waals surface area contributed by atoms with Crippen molar-refractivity contribution in [2.45, 2.75) is 109 Å². The number of carbonyl (C=O) groups excluding carboxylic acids is 1. The minimum Gasteiger partial charge on any atom is -0.508 e. The highest BCUT2D eigenvalue weighted by atomic mass is 16.5. The summed E-state index contributed by atoms with van der Waals surface area (Å²) < 4.78 is 5.52. The van der Waals surface area contributed by atoms with Gasteiger partial charge in [-0.25, -0.2) is 0 Å². The van der Waals surface area contributed by atoms with Crippen LogP contribution < -0.4 is 0 Å². The van der Waals surface area contributed by atoms with Crippen molar-refractivity contribution in [3.8, 4) is 11.5 Å². The molecule has 35 heavy (non-hydrogen) atoms. The number of phenolic OH excluding ortho intramolecular Hbond substituents is 2. The molecule has 194 valence electrons. The van der Waals surface area contributed by atoms with Crippen LogP contribution in [-0.2, 0) is 14.9 Å². The minimum absolute atomic E-state index is 0.170. The molecule has 0 radical (unpaired) electrons. The van der Waals surface area contributed by atoms with Crippen molar-refractivity contribution in [1.29, 1.82) is 0 Å². The quantitative estimate of drug-likeness (QED) is 0.165. The van der Waals surface area contributed by atoms with E-state index >= 15 is 0 Å². The molecule has 4 nitrogen and oxygen atoms in total. The van der Waals surface area contributed by atoms with Crippen LogP contribution >= 0.6 is 0 Å². The fourth-order valence-corrected chi connectivity index (χ4v) is 4.67. The SMILES string of the molecule is CCCCCCCCCCCCCCOC(=O)CCC(C)(c1ccc(O)cc1)c1ccc(O)cc1. The van der Waals surface area contributed by atoms with Crippen molar-refractivity contribution in [1.82, 2.24) is 0 Å². The third kappa shape index (κ3) is 10.8. The topological polar surface area (TPSA) is 66.8 Å². The Morgan fingerprint density at radius 1 is 0.686 bits per heavy atom. The molecular formula is C31H46O4. The Labute approximate surface area is 212 Å². The first-order valence-corrected chi connectivity index (χ1v) is 13.7. The van der Waals surface area contributed by atoms with Crippen LogP contribution in [-0.4, -0.2) is 22.8 Å². The van der Waals surface area contributed by atoms with Gasteiger partial charge in [-0.1, -0.05) is 109 Å². The molecule has 0 amide bonds. The van der Waals surface area contributed by atoms with Gasteiger partial charge in [0.25, 0.3) is 0 Å². The molecule has 4 heteroatoms. The zero-order valence-corrected chi connectivity index (χ0v) is 21.9. The molecule has 0 fully saturated rings. The van der Waals surface area contributed by atoms with Crippen LogP contribution in [0.15, 0.2) is 48.5 Å². The van der Waals surface area contributed by atoms with E-state index in [1.165, 1.54) is 64.2 Å². The molecule has 0 saturated carbocycles. The molecule has 2 rings (SSSR count). The number of ether oxygens (including phenoxy) is 1. The molecule has 0 unspecified atom stereocenters. The van der Waals surface area contributed by atoms with Crippen LogP contribution in [0.4, 0.5) is 0 Å². The first kappa shape index (κ1) is 28.7. The van der Waals surface area contributed by atoms with Crippen molar-refractivity contribution in [2.75, 3.05) is 6.61 Å². The van der Waals surface area contributed by atoms with Gasteiger partial charge >= 0.3 is 5.97 Å². The Hall–Kier alpha value is -2.49. The first-order chi connectivity index (χ1) is 17.0. The van der Waals surface area contributed by atoms with Crippen molar-refractivity contribution in [3.05, 3.63) is 59.7 Å². The van der Waals surface area contributed by atoms with E-state index in [1.54, 1.807) is 24.3 Å². The molecule has 0 bridgehead atoms. The van der Waals surface area contributed by atoms with Crippen molar-refractivity contribution in [3.63, 3.8) is 0 Å². The maximum Gasteiger partial charge on any atom is 0.305 e. The molecule has 0 saturated heterocycles. The molecule has 0 aromatic heterocycles. The average Bonchev–Trinajstić information content (AvgIpc) is 2.86. The zero-order chi connectivity index (χ0) is 25.4. The summed E-state index contributed by atoms with van der Waals surface area (Å²) in [6.07, 6.45) is 16.3. The number of hydrogen-bond acceptors (Lipinski definition) is 4. The highest BCUT2D eigenvalue weighted by Gasteiger charge is 2.30. The molecule has 2 N–H and O–H groups in total. The summed E-state index contributed by atoms with van der Waals surface area (Å²) in [5, 5.41) is 19.4. The van der Waals surface area contributed by atoms with Crippen LogP contribution in [0.5, 0.6) is 11.5 Å². The summed E-state index contributed by atoms with van der Waals surface area (Å²) in [6.45, 7) is 4.84. The smallest absolute Gasteiger partial charge is 0.305 e. The van der Waals surface area contributed by atoms with E-state index in [1.807, 2.05) is 24.3 Å². The van der Waals surface area contributed by atoms with Crippen LogP contribution in [0.3, 0.4) is 0 Å². The monoisotopic (exact) mass is 482 g/mol. The number of aromatic hydroxyl groups is 2. The summed E-state index contributed by atoms with van der Waals surface area (Å²) in [5.41, 5.74) is 1.58. The van der Waals surface area contributed by atoms with E-state index in [2.05, 4.69) is 13.8 Å². The third-order valence-electron chi connectivity index (χ3n) is 7.10. The summed E-state index contributed by atoms with van der Waals surface area (Å²) >= 11 is 0. The second-order valence-electron chi connectivity index (χ2n) is 10.0. The van der Waals surface area contributed by atoms with E-state index in [0.717, 1.165) is 24.0 Å². The van der Waals surface area contributed by atoms with Crippen molar-refractivity contribution >= 4 is 5.97 Å². The number of unbranched alkanes of at least 4 members (excludes halogenated alkanes) is 11. The third-order valence-corrected chi connectivity index (χ3v) is 7.10. The van der Waals surface area contributed by atoms with E-state index in [9.17, 15) is 15.0 Å². The summed E-state index contributed by atoms with van der Waals surface area (Å²) in [7, 11) is 0. The summed E-state index contributed by atoms with van der Waals surface area (Å²) in [6, 6.07) is 14.2. The predicted molar refractivity (Wildman–Crippen MR) is 144 cm³/mol. The minimum atomic E-state index is -0.434. The van der Waals surface area contributed by atoms with E-state index < -0.39 is 5.41 Å². The Kier molecular flexibility index (Phi) is 13.3. The number of esters is 1. The normalized spacial score (nSPS) is 11.5. The Bertz CT molecular complexity index is 781. The van der Waals surface area contributed by atoms with Crippen molar-refractivity contribution in [2.24, 2.45) is 0 Å². The largest absolute Gasteiger partial charge is 0.508 e. The summed E-state index contributed by atoms with van der Waals surface area (Å²) in [4.78, 5) is 12.5. The lowest BCUT2D eigenvalue weighted by molar-refractivity contribution is -0.144. The maximum atomic E-state index is 12.5. The number of hydrogen-bond donors (Lipinski definition) is 2. The predicted octanol–water partition coefficient (Wildman–Crippen LogP) is 8.43. The van der Waals surface area contributed by atoms with Crippen LogP contribution in [0, 0.1) is 0 Å². The van der Waals surface area contributed by atoms with Gasteiger partial charge in [0, 0.05) is 11.8 Å². The highest BCUT2D eigenvalue weighted by molar-refractivity contribution is 5.69. The molecular weight excluding hydrogens is 436 g/mol. The lowest BCUT2D eigenvalue weighted by Gasteiger charge is -2.31. The number of rotatable bonds is 18. The molecule has 0 aliphatic carbocycles. The van der Waals surface area contributed by atoms with E-state index in [4.69, 9.17) is 4.74 Å². The second kappa shape index (κ2) is 16.2. The second-order valence-corrected chi connectivity index (χ2v) is 10.0. The van der Waals surface area contributed by atoms with Crippen LogP contribution in [0.2, 0.25) is 0 Å². The molecule has 0 aliphatic heterocycles. The van der Waals surface area contributed by atoms with Crippen molar-refractivity contribution < 1.29 is 19.7 Å². The molecule has 0 aliphatic rings. The van der Waals surface area contributed by atoms with Gasteiger partial charge in [-0.3, -0.25) is 4.79 Å². The maximum absolute atomic E-state index is 12.5. The van der Waals surface area contributed by atoms with Gasteiger partial charge < -0.3 is 14.9 Å². The zero-order valence-electron chi connectivity index (χ0n) is 21.9. The van der Waals surface area contributed by atoms with Gasteiger partial charge in [0.15, 0.2) is 0 Å². The van der Waals surface area contributed by atoms with Gasteiger partial charge in [0.1, 0.15) is 11.5 Å². The number of carbonyl (C=O) groups is 1. The molecule has 0 spiro atoms. The van der Waals surface area contributed by atoms with Gasteiger partial charge in [-0.15, -0.1) is 0 Å². The van der Waals surface area contributed by atoms with Crippen LogP contribution in [0.25, 0.3) is 0 Å². The Morgan fingerprint density at radius 2 is 1.09 bits per heavy atom. The van der Waals surface area contributed by atoms with E-state index in [0.29, 0.717) is 19.4 Å². The van der Waals surface area contributed by atoms with E-state index in [-0.39, 0.29) is 17.5 Å². The lowest BCUT2D eigenvalue weighted by Crippen LogP contribution is -2.25. The Morgan fingerprint density at radius 3 is 1.51 bits per heavy atom. The number of phenols is 2. The first-order valence-electron chi connectivity index (χ1n) is 13.7. The van der Waals surface area contributed by atoms with Crippen LogP contribution in [0.1, 0.15) is 115 Å². The fraction of sp³-hybridized carbons (Fsp3) is 0.581. The van der Waals surface area contributed by atoms with Gasteiger partial charge in [-0.05, 0) is 48.2 Å². The van der Waals surface area contributed by atoms with Gasteiger partial charge in [-0.2, -0.15) is 0 Å². The average molecular weight is 483 g/mol. The number of benzene rings is 2. The Balaban J connectivity index is 1.67. The van der Waals surface area contributed by atoms with Gasteiger partial charge in [0.2, 0.25) is 0 Å². The molecule has 0 atom stereocenters. The highest BCUT2D eigenvalue weighted by Crippen LogP contribution is 2.37. The standard InChI is InChI=1S/C31H46O4/c1-3-4-5-6-7-8-9-10-11-12-13-14-25-35-30(34)23-24-31(2,26-15-19-28(32)20-16-26)27-17-21-29(33)22-18-27/h15-22,32-33H,3-14,23-25H2,1-2H3. The molecule has 2 aromatic carbocycles. The summed E-state index contributed by atoms with van der Waals surface area (Å²) in [5.74, 6) is 0.254. The fourth-order valence-electron chi connectivity index (χ4n) is 4.67.